The zero-order valence-electron chi connectivity index (χ0n) is 23.5. The first kappa shape index (κ1) is 27.3. The minimum Gasteiger partial charge on any atom is -0.507 e. The van der Waals surface area contributed by atoms with Gasteiger partial charge in [-0.1, -0.05) is 24.0 Å². The van der Waals surface area contributed by atoms with Crippen LogP contribution in [0, 0.1) is 17.8 Å². The van der Waals surface area contributed by atoms with Crippen molar-refractivity contribution in [2.75, 3.05) is 56.5 Å². The Morgan fingerprint density at radius 1 is 1.12 bits per heavy atom. The van der Waals surface area contributed by atoms with Crippen molar-refractivity contribution in [2.24, 2.45) is 5.92 Å². The molecule has 1 aromatic heterocycles. The third-order valence-corrected chi connectivity index (χ3v) is 9.08. The summed E-state index contributed by atoms with van der Waals surface area (Å²) in [4.78, 5) is 4.76. The molecule has 2 aromatic rings. The average molecular weight is 547 g/mol. The van der Waals surface area contributed by atoms with Crippen molar-refractivity contribution in [1.29, 1.82) is 0 Å². The Morgan fingerprint density at radius 3 is 2.67 bits per heavy atom. The zero-order valence-corrected chi connectivity index (χ0v) is 23.5. The molecule has 9 nitrogen and oxygen atoms in total. The lowest BCUT2D eigenvalue weighted by Gasteiger charge is -2.48. The number of nitrogens with one attached hydrogen (secondary N) is 1. The number of ether oxygens (including phenoxy) is 2. The minimum absolute atomic E-state index is 0.162. The fourth-order valence-electron chi connectivity index (χ4n) is 6.46. The Morgan fingerprint density at radius 2 is 1.90 bits per heavy atom. The number of morpholine rings is 1. The molecular weight excluding hydrogens is 504 g/mol. The van der Waals surface area contributed by atoms with Gasteiger partial charge in [0.1, 0.15) is 5.75 Å². The van der Waals surface area contributed by atoms with Crippen molar-refractivity contribution in [1.82, 2.24) is 20.4 Å². The standard InChI is InChI=1S/C31H42N6O3/c1-22(6-7-23-18-25(19-23)40-24-8-12-33-13-9-24)37-16-17-39-31(21-37)10-14-36(15-11-31)28-20-27(34-35-30(28)32)26-4-2-3-5-29(26)38/h2-5,20,22-25,33,38H,8-19,21H2,1H3,(H2,32,35). The molecule has 3 saturated heterocycles. The lowest BCUT2D eigenvalue weighted by atomic mass is 9.82. The van der Waals surface area contributed by atoms with E-state index in [0.717, 1.165) is 90.1 Å². The van der Waals surface area contributed by atoms with Gasteiger partial charge in [-0.3, -0.25) is 4.90 Å². The van der Waals surface area contributed by atoms with Crippen LogP contribution in [0.2, 0.25) is 0 Å². The largest absolute Gasteiger partial charge is 0.507 e. The molecule has 40 heavy (non-hydrogen) atoms. The number of piperidine rings is 2. The van der Waals surface area contributed by atoms with Crippen LogP contribution in [0.5, 0.6) is 5.75 Å². The minimum atomic E-state index is -0.162. The van der Waals surface area contributed by atoms with E-state index in [2.05, 4.69) is 44.1 Å². The van der Waals surface area contributed by atoms with Gasteiger partial charge in [0.2, 0.25) is 0 Å². The first-order chi connectivity index (χ1) is 19.5. The number of benzene rings is 1. The number of phenolic OH excluding ortho intramolecular Hbond substituents is 1. The van der Waals surface area contributed by atoms with Crippen molar-refractivity contribution in [3.8, 4) is 28.8 Å². The Kier molecular flexibility index (Phi) is 8.12. The van der Waals surface area contributed by atoms with E-state index >= 15 is 0 Å². The maximum atomic E-state index is 10.3. The smallest absolute Gasteiger partial charge is 0.169 e. The monoisotopic (exact) mass is 546 g/mol. The molecule has 1 saturated carbocycles. The number of nitrogen functional groups attached to an aromatic ring is 1. The molecule has 6 rings (SSSR count). The molecular formula is C31H42N6O3. The number of phenols is 1. The van der Waals surface area contributed by atoms with Crippen LogP contribution >= 0.6 is 0 Å². The normalized spacial score (nSPS) is 26.1. The van der Waals surface area contributed by atoms with Gasteiger partial charge in [-0.15, -0.1) is 10.2 Å². The predicted octanol–water partition coefficient (Wildman–Crippen LogP) is 3.04. The summed E-state index contributed by atoms with van der Waals surface area (Å²) >= 11 is 0. The summed E-state index contributed by atoms with van der Waals surface area (Å²) in [6.45, 7) is 8.58. The summed E-state index contributed by atoms with van der Waals surface area (Å²) in [5, 5.41) is 22.1. The topological polar surface area (TPSA) is 109 Å². The number of nitrogens with two attached hydrogens (primary N) is 1. The van der Waals surface area contributed by atoms with Gasteiger partial charge in [-0.2, -0.15) is 0 Å². The summed E-state index contributed by atoms with van der Waals surface area (Å²) in [6, 6.07) is 9.31. The highest BCUT2D eigenvalue weighted by atomic mass is 16.5. The molecule has 0 radical (unpaired) electrons. The maximum Gasteiger partial charge on any atom is 0.169 e. The summed E-state index contributed by atoms with van der Waals surface area (Å²) < 4.78 is 12.7. The van der Waals surface area contributed by atoms with E-state index in [9.17, 15) is 5.11 Å². The number of aromatic hydroxyl groups is 1. The molecule has 1 unspecified atom stereocenters. The Hall–Kier alpha value is -2.90. The van der Waals surface area contributed by atoms with Crippen molar-refractivity contribution in [2.45, 2.75) is 69.3 Å². The predicted molar refractivity (Wildman–Crippen MR) is 156 cm³/mol. The number of nitrogens with zero attached hydrogens (tertiary/aromatic N) is 4. The van der Waals surface area contributed by atoms with E-state index in [1.807, 2.05) is 18.2 Å². The highest BCUT2D eigenvalue weighted by Gasteiger charge is 2.41. The van der Waals surface area contributed by atoms with Gasteiger partial charge >= 0.3 is 0 Å². The molecule has 4 N–H and O–H groups in total. The first-order valence-corrected chi connectivity index (χ1v) is 14.9. The average Bonchev–Trinajstić information content (AvgIpc) is 2.96. The van der Waals surface area contributed by atoms with Gasteiger partial charge in [-0.25, -0.2) is 0 Å². The second kappa shape index (κ2) is 11.9. The summed E-state index contributed by atoms with van der Waals surface area (Å²) in [6.07, 6.45) is 7.06. The fourth-order valence-corrected chi connectivity index (χ4v) is 6.46. The molecule has 4 heterocycles. The molecule has 3 aliphatic heterocycles. The van der Waals surface area contributed by atoms with E-state index in [-0.39, 0.29) is 17.4 Å². The van der Waals surface area contributed by atoms with E-state index in [1.54, 1.807) is 12.1 Å². The van der Waals surface area contributed by atoms with Crippen molar-refractivity contribution >= 4 is 11.5 Å². The van der Waals surface area contributed by atoms with Gasteiger partial charge in [0.15, 0.2) is 5.82 Å². The van der Waals surface area contributed by atoms with Crippen molar-refractivity contribution < 1.29 is 14.6 Å². The molecule has 9 heteroatoms. The van der Waals surface area contributed by atoms with Crippen LogP contribution in [-0.2, 0) is 9.47 Å². The summed E-state index contributed by atoms with van der Waals surface area (Å²) in [7, 11) is 0. The number of para-hydroxylation sites is 1. The van der Waals surface area contributed by atoms with Crippen LogP contribution in [0.25, 0.3) is 11.3 Å². The van der Waals surface area contributed by atoms with Gasteiger partial charge in [0, 0.05) is 37.7 Å². The molecule has 1 atom stereocenters. The highest BCUT2D eigenvalue weighted by molar-refractivity contribution is 5.74. The molecule has 214 valence electrons. The Labute approximate surface area is 237 Å². The molecule has 0 amide bonds. The molecule has 4 fully saturated rings. The van der Waals surface area contributed by atoms with Gasteiger partial charge in [0.05, 0.1) is 41.8 Å². The van der Waals surface area contributed by atoms with E-state index in [0.29, 0.717) is 35.2 Å². The lowest BCUT2D eigenvalue weighted by Crippen LogP contribution is -2.58. The lowest BCUT2D eigenvalue weighted by molar-refractivity contribution is -0.124. The van der Waals surface area contributed by atoms with Crippen molar-refractivity contribution in [3.63, 3.8) is 0 Å². The van der Waals surface area contributed by atoms with Crippen LogP contribution in [-0.4, -0.2) is 89.9 Å². The van der Waals surface area contributed by atoms with Gasteiger partial charge < -0.3 is 30.5 Å². The van der Waals surface area contributed by atoms with E-state index < -0.39 is 0 Å². The summed E-state index contributed by atoms with van der Waals surface area (Å²) in [5.74, 6) is 8.17. The number of rotatable bonds is 5. The second-order valence-electron chi connectivity index (χ2n) is 11.8. The first-order valence-electron chi connectivity index (χ1n) is 14.9. The maximum absolute atomic E-state index is 10.3. The summed E-state index contributed by atoms with van der Waals surface area (Å²) in [5.41, 5.74) is 8.22. The Balaban J connectivity index is 1.02. The third kappa shape index (κ3) is 6.06. The van der Waals surface area contributed by atoms with Crippen LogP contribution in [0.15, 0.2) is 30.3 Å². The number of hydrogen-bond acceptors (Lipinski definition) is 9. The van der Waals surface area contributed by atoms with Crippen LogP contribution in [0.1, 0.15) is 45.4 Å². The number of hydrogen-bond donors (Lipinski definition) is 3. The molecule has 1 aromatic carbocycles. The van der Waals surface area contributed by atoms with Crippen molar-refractivity contribution in [3.05, 3.63) is 30.3 Å². The van der Waals surface area contributed by atoms with Crippen LogP contribution in [0.3, 0.4) is 0 Å². The van der Waals surface area contributed by atoms with E-state index in [4.69, 9.17) is 15.2 Å². The van der Waals surface area contributed by atoms with Crippen LogP contribution in [0.4, 0.5) is 11.5 Å². The Bertz CT molecular complexity index is 1230. The third-order valence-electron chi connectivity index (χ3n) is 9.08. The fraction of sp³-hybridized carbons (Fsp3) is 0.613. The van der Waals surface area contributed by atoms with E-state index in [1.165, 1.54) is 0 Å². The molecule has 1 spiro atoms. The second-order valence-corrected chi connectivity index (χ2v) is 11.8. The van der Waals surface area contributed by atoms with Gasteiger partial charge in [0.25, 0.3) is 0 Å². The quantitative estimate of drug-likeness (QED) is 0.488. The molecule has 1 aliphatic carbocycles. The number of anilines is 2. The molecule has 0 bridgehead atoms. The van der Waals surface area contributed by atoms with Crippen LogP contribution < -0.4 is 16.0 Å². The SMILES string of the molecule is CC(C#CC1CC(OC2CCNCC2)C1)N1CCOC2(CCN(c3cc(-c4ccccc4O)nnc3N)CC2)C1. The van der Waals surface area contributed by atoms with Gasteiger partial charge in [-0.05, 0) is 76.7 Å². The number of aromatic nitrogens is 2. The highest BCUT2D eigenvalue weighted by Crippen LogP contribution is 2.37. The zero-order chi connectivity index (χ0) is 27.5. The molecule has 4 aliphatic rings.